The Morgan fingerprint density at radius 3 is 2.59 bits per heavy atom. The Labute approximate surface area is 104 Å². The lowest BCUT2D eigenvalue weighted by Crippen LogP contribution is -2.36. The highest BCUT2D eigenvalue weighted by Gasteiger charge is 2.17. The summed E-state index contributed by atoms with van der Waals surface area (Å²) in [6.07, 6.45) is 7.38. The first-order valence-electron chi connectivity index (χ1n) is 6.21. The van der Waals surface area contributed by atoms with Crippen LogP contribution in [0.2, 0.25) is 0 Å². The summed E-state index contributed by atoms with van der Waals surface area (Å²) in [5.41, 5.74) is 0. The number of ether oxygens (including phenoxy) is 1. The lowest BCUT2D eigenvalue weighted by molar-refractivity contribution is 0.106. The molecule has 1 aliphatic rings. The summed E-state index contributed by atoms with van der Waals surface area (Å²) >= 11 is 0. The minimum Gasteiger partial charge on any atom is -0.492 e. The fraction of sp³-hybridized carbons (Fsp3) is 0.571. The van der Waals surface area contributed by atoms with Gasteiger partial charge in [0.2, 0.25) is 0 Å². The minimum absolute atomic E-state index is 0.326. The molecule has 96 valence electrons. The van der Waals surface area contributed by atoms with E-state index in [-0.39, 0.29) is 0 Å². The van der Waals surface area contributed by atoms with Crippen molar-refractivity contribution in [1.82, 2.24) is 4.90 Å². The van der Waals surface area contributed by atoms with Crippen LogP contribution in [0.3, 0.4) is 0 Å². The molecule has 1 saturated heterocycles. The van der Waals surface area contributed by atoms with Crippen LogP contribution in [-0.4, -0.2) is 42.9 Å². The van der Waals surface area contributed by atoms with Crippen molar-refractivity contribution in [2.45, 2.75) is 12.8 Å². The Kier molecular flexibility index (Phi) is 6.67. The minimum atomic E-state index is 0.326. The van der Waals surface area contributed by atoms with Crippen LogP contribution in [-0.2, 0) is 4.74 Å². The van der Waals surface area contributed by atoms with Crippen molar-refractivity contribution < 1.29 is 9.84 Å². The van der Waals surface area contributed by atoms with E-state index in [2.05, 4.69) is 18.1 Å². The van der Waals surface area contributed by atoms with Crippen molar-refractivity contribution in [1.29, 1.82) is 0 Å². The fourth-order valence-corrected chi connectivity index (χ4v) is 1.98. The summed E-state index contributed by atoms with van der Waals surface area (Å²) < 4.78 is 5.57. The number of rotatable bonds is 7. The quantitative estimate of drug-likeness (QED) is 0.543. The molecule has 3 heteroatoms. The van der Waals surface area contributed by atoms with Gasteiger partial charge in [0.15, 0.2) is 0 Å². The molecule has 0 unspecified atom stereocenters. The van der Waals surface area contributed by atoms with Crippen molar-refractivity contribution >= 4 is 0 Å². The lowest BCUT2D eigenvalue weighted by Gasteiger charge is -2.30. The van der Waals surface area contributed by atoms with Crippen LogP contribution < -0.4 is 0 Å². The van der Waals surface area contributed by atoms with Gasteiger partial charge in [0.25, 0.3) is 0 Å². The van der Waals surface area contributed by atoms with E-state index in [1.165, 1.54) is 0 Å². The van der Waals surface area contributed by atoms with Crippen LogP contribution in [0, 0.1) is 5.92 Å². The molecule has 17 heavy (non-hydrogen) atoms. The van der Waals surface area contributed by atoms with Gasteiger partial charge in [-0.15, -0.1) is 0 Å². The fourth-order valence-electron chi connectivity index (χ4n) is 1.98. The smallest absolute Gasteiger partial charge is 0.118 e. The zero-order chi connectivity index (χ0) is 12.5. The van der Waals surface area contributed by atoms with Gasteiger partial charge in [0.1, 0.15) is 12.4 Å². The van der Waals surface area contributed by atoms with E-state index < -0.39 is 0 Å². The SMILES string of the molecule is C=C/C=C(\C=C)OCCN1CCC(CO)CC1. The molecule has 1 fully saturated rings. The maximum atomic E-state index is 9.05. The molecule has 1 heterocycles. The van der Waals surface area contributed by atoms with Gasteiger partial charge in [-0.05, 0) is 44.0 Å². The predicted octanol–water partition coefficient (Wildman–Crippen LogP) is 1.96. The van der Waals surface area contributed by atoms with E-state index in [4.69, 9.17) is 9.84 Å². The normalized spacial score (nSPS) is 19.0. The Hall–Kier alpha value is -1.06. The third kappa shape index (κ3) is 5.20. The van der Waals surface area contributed by atoms with Gasteiger partial charge in [-0.25, -0.2) is 0 Å². The van der Waals surface area contributed by atoms with E-state index in [0.29, 0.717) is 19.1 Å². The molecule has 0 spiro atoms. The zero-order valence-corrected chi connectivity index (χ0v) is 10.5. The summed E-state index contributed by atoms with van der Waals surface area (Å²) in [6.45, 7) is 11.4. The van der Waals surface area contributed by atoms with Gasteiger partial charge >= 0.3 is 0 Å². The lowest BCUT2D eigenvalue weighted by atomic mass is 9.98. The molecule has 0 atom stereocenters. The molecule has 1 rings (SSSR count). The topological polar surface area (TPSA) is 32.7 Å². The molecular weight excluding hydrogens is 214 g/mol. The number of allylic oxidation sites excluding steroid dienone is 3. The van der Waals surface area contributed by atoms with Crippen molar-refractivity contribution in [3.05, 3.63) is 37.1 Å². The standard InChI is InChI=1S/C14H23NO2/c1-3-5-14(4-2)17-11-10-15-8-6-13(12-16)7-9-15/h3-5,13,16H,1-2,6-12H2/b14-5+. The molecule has 1 aliphatic heterocycles. The highest BCUT2D eigenvalue weighted by Crippen LogP contribution is 2.15. The van der Waals surface area contributed by atoms with Gasteiger partial charge in [-0.1, -0.05) is 19.2 Å². The summed E-state index contributed by atoms with van der Waals surface area (Å²) in [7, 11) is 0. The summed E-state index contributed by atoms with van der Waals surface area (Å²) in [4.78, 5) is 2.38. The monoisotopic (exact) mass is 237 g/mol. The zero-order valence-electron chi connectivity index (χ0n) is 10.5. The molecule has 0 aromatic heterocycles. The van der Waals surface area contributed by atoms with Crippen LogP contribution in [0.5, 0.6) is 0 Å². The van der Waals surface area contributed by atoms with E-state index in [0.717, 1.165) is 38.2 Å². The summed E-state index contributed by atoms with van der Waals surface area (Å²) in [6, 6.07) is 0. The first kappa shape index (κ1) is 14.0. The van der Waals surface area contributed by atoms with Gasteiger partial charge in [0, 0.05) is 13.2 Å². The number of likely N-dealkylation sites (tertiary alicyclic amines) is 1. The summed E-state index contributed by atoms with van der Waals surface area (Å²) in [5.74, 6) is 1.27. The molecular formula is C14H23NO2. The number of aliphatic hydroxyl groups excluding tert-OH is 1. The predicted molar refractivity (Wildman–Crippen MR) is 70.7 cm³/mol. The molecule has 0 amide bonds. The number of aliphatic hydroxyl groups is 1. The first-order valence-corrected chi connectivity index (χ1v) is 6.21. The molecule has 0 saturated carbocycles. The third-order valence-electron chi connectivity index (χ3n) is 3.12. The molecule has 1 N–H and O–H groups in total. The molecule has 3 nitrogen and oxygen atoms in total. The number of hydrogen-bond acceptors (Lipinski definition) is 3. The van der Waals surface area contributed by atoms with E-state index in [1.807, 2.05) is 6.08 Å². The Morgan fingerprint density at radius 2 is 2.06 bits per heavy atom. The maximum absolute atomic E-state index is 9.05. The van der Waals surface area contributed by atoms with Crippen molar-refractivity contribution in [2.24, 2.45) is 5.92 Å². The van der Waals surface area contributed by atoms with Crippen LogP contribution in [0.25, 0.3) is 0 Å². The highest BCUT2D eigenvalue weighted by molar-refractivity contribution is 5.14. The Balaban J connectivity index is 2.17. The third-order valence-corrected chi connectivity index (χ3v) is 3.12. The number of hydrogen-bond donors (Lipinski definition) is 1. The second-order valence-electron chi connectivity index (χ2n) is 4.32. The van der Waals surface area contributed by atoms with Crippen LogP contribution in [0.1, 0.15) is 12.8 Å². The van der Waals surface area contributed by atoms with Crippen LogP contribution >= 0.6 is 0 Å². The molecule has 0 aromatic rings. The molecule has 0 bridgehead atoms. The van der Waals surface area contributed by atoms with Crippen LogP contribution in [0.15, 0.2) is 37.1 Å². The van der Waals surface area contributed by atoms with Crippen molar-refractivity contribution in [2.75, 3.05) is 32.8 Å². The van der Waals surface area contributed by atoms with Crippen molar-refractivity contribution in [3.8, 4) is 0 Å². The second-order valence-corrected chi connectivity index (χ2v) is 4.32. The van der Waals surface area contributed by atoms with Crippen molar-refractivity contribution in [3.63, 3.8) is 0 Å². The Morgan fingerprint density at radius 1 is 1.35 bits per heavy atom. The molecule has 0 aromatic carbocycles. The average molecular weight is 237 g/mol. The van der Waals surface area contributed by atoms with E-state index in [9.17, 15) is 0 Å². The summed E-state index contributed by atoms with van der Waals surface area (Å²) in [5, 5.41) is 9.05. The number of piperidine rings is 1. The largest absolute Gasteiger partial charge is 0.492 e. The number of nitrogens with zero attached hydrogens (tertiary/aromatic N) is 1. The van der Waals surface area contributed by atoms with Crippen LogP contribution in [0.4, 0.5) is 0 Å². The first-order chi connectivity index (χ1) is 8.30. The Bertz CT molecular complexity index is 265. The van der Waals surface area contributed by atoms with Gasteiger partial charge in [0.05, 0.1) is 0 Å². The molecule has 0 radical (unpaired) electrons. The second kappa shape index (κ2) is 8.09. The van der Waals surface area contributed by atoms with E-state index in [1.54, 1.807) is 12.2 Å². The van der Waals surface area contributed by atoms with Gasteiger partial charge in [-0.3, -0.25) is 4.90 Å². The maximum Gasteiger partial charge on any atom is 0.118 e. The molecule has 0 aliphatic carbocycles. The highest BCUT2D eigenvalue weighted by atomic mass is 16.5. The van der Waals surface area contributed by atoms with E-state index >= 15 is 0 Å². The van der Waals surface area contributed by atoms with Gasteiger partial charge in [-0.2, -0.15) is 0 Å². The average Bonchev–Trinajstić information content (AvgIpc) is 2.38. The van der Waals surface area contributed by atoms with Gasteiger partial charge < -0.3 is 9.84 Å².